The molecule has 2 N–H and O–H groups in total. The Morgan fingerprint density at radius 2 is 1.80 bits per heavy atom. The van der Waals surface area contributed by atoms with Crippen LogP contribution in [-0.4, -0.2) is 27.9 Å². The summed E-state index contributed by atoms with van der Waals surface area (Å²) in [5.74, 6) is 0.548. The third-order valence-corrected chi connectivity index (χ3v) is 3.63. The summed E-state index contributed by atoms with van der Waals surface area (Å²) in [6.45, 7) is 7.23. The second-order valence-electron chi connectivity index (χ2n) is 6.25. The van der Waals surface area contributed by atoms with E-state index in [9.17, 15) is 9.59 Å². The van der Waals surface area contributed by atoms with Crippen LogP contribution in [0.25, 0.3) is 0 Å². The summed E-state index contributed by atoms with van der Waals surface area (Å²) < 4.78 is 11.9. The summed E-state index contributed by atoms with van der Waals surface area (Å²) >= 11 is 0. The SMILES string of the molecule is Cc1cc(C)cc(Oc2[nH]c(=O)n(COCCO)c(=O)c2C(C)C)c1. The summed E-state index contributed by atoms with van der Waals surface area (Å²) in [6, 6.07) is 5.69. The molecular weight excluding hydrogens is 324 g/mol. The zero-order valence-electron chi connectivity index (χ0n) is 15.0. The number of ether oxygens (including phenoxy) is 2. The lowest BCUT2D eigenvalue weighted by molar-refractivity contribution is 0.0437. The summed E-state index contributed by atoms with van der Waals surface area (Å²) in [6.07, 6.45) is 0. The highest BCUT2D eigenvalue weighted by Crippen LogP contribution is 2.26. The molecule has 0 aliphatic carbocycles. The smallest absolute Gasteiger partial charge is 0.333 e. The van der Waals surface area contributed by atoms with Crippen LogP contribution >= 0.6 is 0 Å². The van der Waals surface area contributed by atoms with E-state index in [1.807, 2.05) is 45.9 Å². The van der Waals surface area contributed by atoms with Gasteiger partial charge in [-0.05, 0) is 43.0 Å². The molecule has 0 aliphatic rings. The minimum absolute atomic E-state index is 0.0453. The number of hydrogen-bond acceptors (Lipinski definition) is 5. The predicted molar refractivity (Wildman–Crippen MR) is 94.4 cm³/mol. The van der Waals surface area contributed by atoms with Crippen LogP contribution < -0.4 is 16.0 Å². The van der Waals surface area contributed by atoms with E-state index >= 15 is 0 Å². The van der Waals surface area contributed by atoms with Crippen LogP contribution in [0.1, 0.15) is 36.5 Å². The van der Waals surface area contributed by atoms with E-state index in [2.05, 4.69) is 4.98 Å². The van der Waals surface area contributed by atoms with Crippen molar-refractivity contribution >= 4 is 0 Å². The molecule has 1 aromatic heterocycles. The average Bonchev–Trinajstić information content (AvgIpc) is 2.49. The van der Waals surface area contributed by atoms with Gasteiger partial charge < -0.3 is 14.6 Å². The fourth-order valence-corrected chi connectivity index (χ4v) is 2.60. The zero-order valence-corrected chi connectivity index (χ0v) is 15.0. The number of nitrogens with one attached hydrogen (secondary N) is 1. The molecule has 0 unspecified atom stereocenters. The number of aromatic amines is 1. The predicted octanol–water partition coefficient (Wildman–Crippen LogP) is 2.04. The molecule has 0 saturated carbocycles. The van der Waals surface area contributed by atoms with Crippen LogP contribution in [0, 0.1) is 13.8 Å². The molecular formula is C18H24N2O5. The van der Waals surface area contributed by atoms with Crippen LogP contribution in [0.3, 0.4) is 0 Å². The maximum atomic E-state index is 12.7. The van der Waals surface area contributed by atoms with Crippen molar-refractivity contribution in [2.45, 2.75) is 40.3 Å². The highest BCUT2D eigenvalue weighted by molar-refractivity contribution is 5.37. The Morgan fingerprint density at radius 3 is 2.36 bits per heavy atom. The molecule has 136 valence electrons. The second kappa shape index (κ2) is 8.13. The van der Waals surface area contributed by atoms with Crippen molar-refractivity contribution in [2.24, 2.45) is 0 Å². The summed E-state index contributed by atoms with van der Waals surface area (Å²) in [7, 11) is 0. The van der Waals surface area contributed by atoms with Crippen molar-refractivity contribution in [2.75, 3.05) is 13.2 Å². The number of benzene rings is 1. The number of hydrogen-bond donors (Lipinski definition) is 2. The molecule has 2 aromatic rings. The molecule has 0 atom stereocenters. The molecule has 1 heterocycles. The fourth-order valence-electron chi connectivity index (χ4n) is 2.60. The van der Waals surface area contributed by atoms with Gasteiger partial charge in [-0.1, -0.05) is 19.9 Å². The summed E-state index contributed by atoms with van der Waals surface area (Å²) in [5.41, 5.74) is 1.33. The number of aryl methyl sites for hydroxylation is 2. The first-order valence-corrected chi connectivity index (χ1v) is 8.15. The summed E-state index contributed by atoms with van der Waals surface area (Å²) in [5, 5.41) is 8.76. The average molecular weight is 348 g/mol. The highest BCUT2D eigenvalue weighted by atomic mass is 16.5. The minimum Gasteiger partial charge on any atom is -0.440 e. The Balaban J connectivity index is 2.47. The molecule has 0 bridgehead atoms. The van der Waals surface area contributed by atoms with E-state index in [0.717, 1.165) is 15.7 Å². The van der Waals surface area contributed by atoms with E-state index in [-0.39, 0.29) is 31.7 Å². The molecule has 0 fully saturated rings. The second-order valence-corrected chi connectivity index (χ2v) is 6.25. The normalized spacial score (nSPS) is 11.1. The van der Waals surface area contributed by atoms with Crippen molar-refractivity contribution in [3.63, 3.8) is 0 Å². The Bertz CT molecular complexity index is 831. The molecule has 0 spiro atoms. The fraction of sp³-hybridized carbons (Fsp3) is 0.444. The van der Waals surface area contributed by atoms with Gasteiger partial charge in [0, 0.05) is 0 Å². The topological polar surface area (TPSA) is 93.6 Å². The minimum atomic E-state index is -0.619. The first-order valence-electron chi connectivity index (χ1n) is 8.15. The van der Waals surface area contributed by atoms with E-state index in [1.54, 1.807) is 0 Å². The molecule has 7 nitrogen and oxygen atoms in total. The first-order chi connectivity index (χ1) is 11.8. The van der Waals surface area contributed by atoms with Crippen LogP contribution in [0.4, 0.5) is 0 Å². The van der Waals surface area contributed by atoms with Crippen molar-refractivity contribution in [1.82, 2.24) is 9.55 Å². The van der Waals surface area contributed by atoms with Gasteiger partial charge in [-0.3, -0.25) is 9.78 Å². The van der Waals surface area contributed by atoms with Crippen LogP contribution in [-0.2, 0) is 11.5 Å². The van der Waals surface area contributed by atoms with Gasteiger partial charge >= 0.3 is 5.69 Å². The van der Waals surface area contributed by atoms with E-state index in [4.69, 9.17) is 14.6 Å². The largest absolute Gasteiger partial charge is 0.440 e. The van der Waals surface area contributed by atoms with Crippen LogP contribution in [0.15, 0.2) is 27.8 Å². The number of aliphatic hydroxyl groups is 1. The van der Waals surface area contributed by atoms with Crippen molar-refractivity contribution in [3.8, 4) is 11.6 Å². The number of aliphatic hydroxyl groups excluding tert-OH is 1. The van der Waals surface area contributed by atoms with Crippen LogP contribution in [0.2, 0.25) is 0 Å². The molecule has 0 amide bonds. The van der Waals surface area contributed by atoms with Crippen molar-refractivity contribution < 1.29 is 14.6 Å². The van der Waals surface area contributed by atoms with Gasteiger partial charge in [0.2, 0.25) is 5.88 Å². The molecule has 1 aromatic carbocycles. The van der Waals surface area contributed by atoms with Crippen molar-refractivity contribution in [1.29, 1.82) is 0 Å². The van der Waals surface area contributed by atoms with Gasteiger partial charge in [-0.25, -0.2) is 9.36 Å². The Hall–Kier alpha value is -2.38. The Morgan fingerprint density at radius 1 is 1.16 bits per heavy atom. The van der Waals surface area contributed by atoms with E-state index < -0.39 is 11.2 Å². The van der Waals surface area contributed by atoms with Gasteiger partial charge in [-0.2, -0.15) is 0 Å². The van der Waals surface area contributed by atoms with E-state index in [1.165, 1.54) is 0 Å². The third-order valence-electron chi connectivity index (χ3n) is 3.63. The Kier molecular flexibility index (Phi) is 6.17. The Labute approximate surface area is 145 Å². The maximum Gasteiger partial charge on any atom is 0.333 e. The number of H-pyrrole nitrogens is 1. The zero-order chi connectivity index (χ0) is 18.6. The van der Waals surface area contributed by atoms with Crippen LogP contribution in [0.5, 0.6) is 11.6 Å². The number of aromatic nitrogens is 2. The number of nitrogens with zero attached hydrogens (tertiary/aromatic N) is 1. The lowest BCUT2D eigenvalue weighted by Crippen LogP contribution is -2.38. The lowest BCUT2D eigenvalue weighted by Gasteiger charge is -2.15. The van der Waals surface area contributed by atoms with Gasteiger partial charge in [0.25, 0.3) is 5.56 Å². The lowest BCUT2D eigenvalue weighted by atomic mass is 10.1. The molecule has 0 saturated heterocycles. The van der Waals surface area contributed by atoms with Gasteiger partial charge in [0.15, 0.2) is 0 Å². The monoisotopic (exact) mass is 348 g/mol. The summed E-state index contributed by atoms with van der Waals surface area (Å²) in [4.78, 5) is 27.6. The van der Waals surface area contributed by atoms with Gasteiger partial charge in [-0.15, -0.1) is 0 Å². The highest BCUT2D eigenvalue weighted by Gasteiger charge is 2.19. The molecule has 0 aliphatic heterocycles. The first kappa shape index (κ1) is 19.0. The molecule has 0 radical (unpaired) electrons. The quantitative estimate of drug-likeness (QED) is 0.747. The van der Waals surface area contributed by atoms with Gasteiger partial charge in [0.1, 0.15) is 12.5 Å². The van der Waals surface area contributed by atoms with E-state index in [0.29, 0.717) is 11.3 Å². The maximum absolute atomic E-state index is 12.7. The standard InChI is InChI=1S/C18H24N2O5/c1-11(2)15-16(25-14-8-12(3)7-13(4)9-14)19-18(23)20(17(15)22)10-24-6-5-21/h7-9,11,21H,5-6,10H2,1-4H3,(H,19,23). The molecule has 2 rings (SSSR count). The molecule has 25 heavy (non-hydrogen) atoms. The van der Waals surface area contributed by atoms with Crippen molar-refractivity contribution in [3.05, 3.63) is 55.7 Å². The molecule has 7 heteroatoms. The van der Waals surface area contributed by atoms with Gasteiger partial charge in [0.05, 0.1) is 18.8 Å². The third kappa shape index (κ3) is 4.58. The number of rotatable bonds is 7.